The van der Waals surface area contributed by atoms with Crippen molar-refractivity contribution in [1.29, 1.82) is 0 Å². The van der Waals surface area contributed by atoms with Gasteiger partial charge in [0.1, 0.15) is 0 Å². The van der Waals surface area contributed by atoms with Crippen molar-refractivity contribution in [3.63, 3.8) is 0 Å². The number of amides is 3. The van der Waals surface area contributed by atoms with Crippen molar-refractivity contribution < 1.29 is 28.6 Å². The lowest BCUT2D eigenvalue weighted by atomic mass is 10.1. The first kappa shape index (κ1) is 20.4. The summed E-state index contributed by atoms with van der Waals surface area (Å²) in [4.78, 5) is 38.8. The summed E-state index contributed by atoms with van der Waals surface area (Å²) in [5.41, 5.74) is 3.37. The maximum Gasteiger partial charge on any atom is 0.329 e. The molecule has 3 amide bonds. The summed E-state index contributed by atoms with van der Waals surface area (Å²) in [5.74, 6) is -0.934. The van der Waals surface area contributed by atoms with E-state index in [1.54, 1.807) is 47.4 Å². The number of carbonyl (C=O) groups is 3. The minimum atomic E-state index is -0.967. The van der Waals surface area contributed by atoms with Gasteiger partial charge in [0.15, 0.2) is 11.5 Å². The van der Waals surface area contributed by atoms with Gasteiger partial charge in [0.2, 0.25) is 6.79 Å². The summed E-state index contributed by atoms with van der Waals surface area (Å²) in [6, 6.07) is 11.7. The average Bonchev–Trinajstić information content (AvgIpc) is 3.27. The Kier molecular flexibility index (Phi) is 6.08. The second-order valence-electron chi connectivity index (χ2n) is 6.72. The van der Waals surface area contributed by atoms with E-state index < -0.39 is 11.8 Å². The van der Waals surface area contributed by atoms with Gasteiger partial charge in [-0.05, 0) is 35.9 Å². The first-order valence-corrected chi connectivity index (χ1v) is 9.62. The monoisotopic (exact) mass is 424 g/mol. The van der Waals surface area contributed by atoms with E-state index in [9.17, 15) is 14.4 Å². The number of hydrazone groups is 1. The Bertz CT molecular complexity index is 1030. The van der Waals surface area contributed by atoms with E-state index in [0.717, 1.165) is 0 Å². The lowest BCUT2D eigenvalue weighted by Gasteiger charge is -2.27. The molecule has 2 aromatic carbocycles. The van der Waals surface area contributed by atoms with Gasteiger partial charge in [0.05, 0.1) is 30.7 Å². The number of ether oxygens (including phenoxy) is 3. The minimum Gasteiger partial charge on any atom is -0.454 e. The highest BCUT2D eigenvalue weighted by Gasteiger charge is 2.23. The Labute approximate surface area is 177 Å². The third kappa shape index (κ3) is 4.81. The zero-order valence-corrected chi connectivity index (χ0v) is 16.5. The number of benzene rings is 2. The molecule has 10 nitrogen and oxygen atoms in total. The molecule has 1 saturated heterocycles. The predicted molar refractivity (Wildman–Crippen MR) is 110 cm³/mol. The molecule has 0 saturated carbocycles. The van der Waals surface area contributed by atoms with E-state index in [1.165, 1.54) is 6.21 Å². The van der Waals surface area contributed by atoms with Gasteiger partial charge in [-0.15, -0.1) is 0 Å². The van der Waals surface area contributed by atoms with Crippen LogP contribution in [0.2, 0.25) is 0 Å². The number of fused-ring (bicyclic) bond motifs is 1. The van der Waals surface area contributed by atoms with E-state index in [-0.39, 0.29) is 18.4 Å². The second kappa shape index (κ2) is 9.26. The number of morpholine rings is 1. The molecule has 0 unspecified atom stereocenters. The SMILES string of the molecule is O=C(N/N=C/c1ccc2c(c1)OCO2)C(=O)Nc1ccccc1C(=O)N1CCOCC1. The summed E-state index contributed by atoms with van der Waals surface area (Å²) in [6.45, 7) is 2.02. The van der Waals surface area contributed by atoms with Crippen molar-refractivity contribution in [3.05, 3.63) is 53.6 Å². The molecule has 10 heteroatoms. The van der Waals surface area contributed by atoms with Crippen molar-refractivity contribution in [3.8, 4) is 11.5 Å². The van der Waals surface area contributed by atoms with Crippen molar-refractivity contribution in [2.45, 2.75) is 0 Å². The largest absolute Gasteiger partial charge is 0.454 e. The molecular formula is C21H20N4O6. The molecule has 2 aliphatic heterocycles. The van der Waals surface area contributed by atoms with Gasteiger partial charge in [-0.25, -0.2) is 5.43 Å². The quantitative estimate of drug-likeness (QED) is 0.429. The number of nitrogens with one attached hydrogen (secondary N) is 2. The number of rotatable bonds is 4. The van der Waals surface area contributed by atoms with Crippen LogP contribution < -0.4 is 20.2 Å². The first-order valence-electron chi connectivity index (χ1n) is 9.62. The van der Waals surface area contributed by atoms with Crippen LogP contribution in [0.15, 0.2) is 47.6 Å². The van der Waals surface area contributed by atoms with E-state index in [1.807, 2.05) is 0 Å². The second-order valence-corrected chi connectivity index (χ2v) is 6.72. The van der Waals surface area contributed by atoms with E-state index in [2.05, 4.69) is 15.8 Å². The van der Waals surface area contributed by atoms with Gasteiger partial charge in [-0.2, -0.15) is 5.10 Å². The molecule has 2 N–H and O–H groups in total. The highest BCUT2D eigenvalue weighted by Crippen LogP contribution is 2.31. The van der Waals surface area contributed by atoms with Gasteiger partial charge in [0, 0.05) is 13.1 Å². The molecule has 160 valence electrons. The third-order valence-corrected chi connectivity index (χ3v) is 4.69. The Morgan fingerprint density at radius 1 is 0.968 bits per heavy atom. The predicted octanol–water partition coefficient (Wildman–Crippen LogP) is 0.976. The molecule has 1 fully saturated rings. The minimum absolute atomic E-state index is 0.155. The highest BCUT2D eigenvalue weighted by molar-refractivity contribution is 6.40. The molecule has 0 aliphatic carbocycles. The molecule has 0 radical (unpaired) electrons. The van der Waals surface area contributed by atoms with Gasteiger partial charge < -0.3 is 24.4 Å². The van der Waals surface area contributed by atoms with Crippen LogP contribution in [0.5, 0.6) is 11.5 Å². The molecule has 31 heavy (non-hydrogen) atoms. The zero-order chi connectivity index (χ0) is 21.6. The van der Waals surface area contributed by atoms with Crippen molar-refractivity contribution in [1.82, 2.24) is 10.3 Å². The van der Waals surface area contributed by atoms with Crippen LogP contribution >= 0.6 is 0 Å². The number of para-hydroxylation sites is 1. The number of hydrogen-bond donors (Lipinski definition) is 2. The van der Waals surface area contributed by atoms with E-state index >= 15 is 0 Å². The Morgan fingerprint density at radius 3 is 2.58 bits per heavy atom. The Hall–Kier alpha value is -3.92. The Balaban J connectivity index is 1.37. The fourth-order valence-electron chi connectivity index (χ4n) is 3.10. The maximum absolute atomic E-state index is 12.8. The number of anilines is 1. The number of hydrogen-bond acceptors (Lipinski definition) is 7. The normalized spacial score (nSPS) is 15.0. The summed E-state index contributed by atoms with van der Waals surface area (Å²) >= 11 is 0. The smallest absolute Gasteiger partial charge is 0.329 e. The topological polar surface area (TPSA) is 119 Å². The van der Waals surface area contributed by atoms with Crippen LogP contribution in [-0.4, -0.2) is 61.9 Å². The fraction of sp³-hybridized carbons (Fsp3) is 0.238. The average molecular weight is 424 g/mol. The zero-order valence-electron chi connectivity index (χ0n) is 16.5. The van der Waals surface area contributed by atoms with Crippen molar-refractivity contribution in [2.75, 3.05) is 38.4 Å². The molecule has 4 rings (SSSR count). The number of nitrogens with zero attached hydrogens (tertiary/aromatic N) is 2. The van der Waals surface area contributed by atoms with Crippen LogP contribution in [0.1, 0.15) is 15.9 Å². The van der Waals surface area contributed by atoms with Gasteiger partial charge in [-0.1, -0.05) is 12.1 Å². The number of carbonyl (C=O) groups excluding carboxylic acids is 3. The highest BCUT2D eigenvalue weighted by atomic mass is 16.7. The van der Waals surface area contributed by atoms with Gasteiger partial charge in [0.25, 0.3) is 5.91 Å². The summed E-state index contributed by atoms with van der Waals surface area (Å²) in [6.07, 6.45) is 1.38. The standard InChI is InChI=1S/C21H20N4O6/c26-19(20(27)24-22-12-14-5-6-17-18(11-14)31-13-30-17)23-16-4-2-1-3-15(16)21(28)25-7-9-29-10-8-25/h1-6,11-12H,7-10,13H2,(H,23,26)(H,24,27)/b22-12+. The summed E-state index contributed by atoms with van der Waals surface area (Å²) in [5, 5.41) is 6.26. The third-order valence-electron chi connectivity index (χ3n) is 4.69. The molecule has 2 aromatic rings. The van der Waals surface area contributed by atoms with Gasteiger partial charge >= 0.3 is 11.8 Å². The Morgan fingerprint density at radius 2 is 1.74 bits per heavy atom. The summed E-state index contributed by atoms with van der Waals surface area (Å²) in [7, 11) is 0. The van der Waals surface area contributed by atoms with Crippen LogP contribution in [0.4, 0.5) is 5.69 Å². The molecule has 0 atom stereocenters. The van der Waals surface area contributed by atoms with Crippen LogP contribution in [0.3, 0.4) is 0 Å². The lowest BCUT2D eigenvalue weighted by Crippen LogP contribution is -2.41. The molecule has 0 spiro atoms. The van der Waals surface area contributed by atoms with Crippen LogP contribution in [0.25, 0.3) is 0 Å². The summed E-state index contributed by atoms with van der Waals surface area (Å²) < 4.78 is 15.8. The molecule has 0 aromatic heterocycles. The van der Waals surface area contributed by atoms with Crippen LogP contribution in [-0.2, 0) is 14.3 Å². The van der Waals surface area contributed by atoms with Crippen molar-refractivity contribution in [2.24, 2.45) is 5.10 Å². The fourth-order valence-corrected chi connectivity index (χ4v) is 3.10. The lowest BCUT2D eigenvalue weighted by molar-refractivity contribution is -0.136. The first-order chi connectivity index (χ1) is 15.1. The van der Waals surface area contributed by atoms with E-state index in [0.29, 0.717) is 48.9 Å². The molecular weight excluding hydrogens is 404 g/mol. The van der Waals surface area contributed by atoms with Crippen LogP contribution in [0, 0.1) is 0 Å². The van der Waals surface area contributed by atoms with E-state index in [4.69, 9.17) is 14.2 Å². The molecule has 2 aliphatic rings. The maximum atomic E-state index is 12.8. The molecule has 2 heterocycles. The van der Waals surface area contributed by atoms with Crippen molar-refractivity contribution >= 4 is 29.6 Å². The van der Waals surface area contributed by atoms with Gasteiger partial charge in [-0.3, -0.25) is 14.4 Å². The molecule has 0 bridgehead atoms.